The molecule has 0 heterocycles. The van der Waals surface area contributed by atoms with Crippen molar-refractivity contribution in [2.75, 3.05) is 20.8 Å². The molecule has 26 heavy (non-hydrogen) atoms. The highest BCUT2D eigenvalue weighted by molar-refractivity contribution is 9.10. The van der Waals surface area contributed by atoms with Crippen LogP contribution < -0.4 is 19.6 Å². The second kappa shape index (κ2) is 9.49. The van der Waals surface area contributed by atoms with Crippen LogP contribution in [0.2, 0.25) is 0 Å². The van der Waals surface area contributed by atoms with Gasteiger partial charge < -0.3 is 14.2 Å². The maximum absolute atomic E-state index is 12.2. The van der Waals surface area contributed by atoms with E-state index in [0.29, 0.717) is 28.4 Å². The summed E-state index contributed by atoms with van der Waals surface area (Å²) in [6.07, 6.45) is 6.69. The minimum Gasteiger partial charge on any atom is -0.493 e. The van der Waals surface area contributed by atoms with Gasteiger partial charge in [0.2, 0.25) is 0 Å². The Bertz CT molecular complexity index is 859. The van der Waals surface area contributed by atoms with Crippen molar-refractivity contribution in [3.8, 4) is 29.6 Å². The maximum atomic E-state index is 12.2. The summed E-state index contributed by atoms with van der Waals surface area (Å²) in [6, 6.07) is 10.2. The van der Waals surface area contributed by atoms with E-state index in [2.05, 4.69) is 32.4 Å². The molecule has 0 aliphatic rings. The van der Waals surface area contributed by atoms with E-state index < -0.39 is 0 Å². The van der Waals surface area contributed by atoms with Crippen LogP contribution in [-0.2, 0) is 0 Å². The van der Waals surface area contributed by atoms with Crippen LogP contribution in [0, 0.1) is 12.3 Å². The van der Waals surface area contributed by atoms with Crippen molar-refractivity contribution < 1.29 is 19.0 Å². The van der Waals surface area contributed by atoms with Crippen LogP contribution in [0.4, 0.5) is 0 Å². The van der Waals surface area contributed by atoms with E-state index in [9.17, 15) is 4.79 Å². The van der Waals surface area contributed by atoms with Crippen LogP contribution in [0.1, 0.15) is 15.9 Å². The van der Waals surface area contributed by atoms with Crippen LogP contribution in [0.15, 0.2) is 46.0 Å². The number of methoxy groups -OCH3 is 2. The Balaban J connectivity index is 2.12. The molecule has 6 nitrogen and oxygen atoms in total. The first-order valence-corrected chi connectivity index (χ1v) is 8.29. The summed E-state index contributed by atoms with van der Waals surface area (Å²) in [5.74, 6) is 3.58. The van der Waals surface area contributed by atoms with E-state index in [1.807, 2.05) is 6.07 Å². The Labute approximate surface area is 160 Å². The van der Waals surface area contributed by atoms with Gasteiger partial charge in [-0.1, -0.05) is 21.9 Å². The Hall–Kier alpha value is -2.98. The summed E-state index contributed by atoms with van der Waals surface area (Å²) in [6.45, 7) is 0.139. The second-order valence-electron chi connectivity index (χ2n) is 4.94. The van der Waals surface area contributed by atoms with Crippen LogP contribution >= 0.6 is 15.9 Å². The third-order valence-electron chi connectivity index (χ3n) is 3.30. The number of terminal acetylenes is 1. The zero-order valence-corrected chi connectivity index (χ0v) is 15.9. The number of benzene rings is 2. The molecule has 0 aliphatic heterocycles. The lowest BCUT2D eigenvalue weighted by atomic mass is 10.2. The molecule has 0 fully saturated rings. The van der Waals surface area contributed by atoms with E-state index in [1.165, 1.54) is 20.4 Å². The minimum absolute atomic E-state index is 0.139. The Morgan fingerprint density at radius 1 is 1.19 bits per heavy atom. The normalized spacial score (nSPS) is 10.2. The molecule has 2 rings (SSSR count). The van der Waals surface area contributed by atoms with E-state index >= 15 is 0 Å². The average Bonchev–Trinajstić information content (AvgIpc) is 2.66. The van der Waals surface area contributed by atoms with Crippen LogP contribution in [0.3, 0.4) is 0 Å². The number of hydrazone groups is 1. The Morgan fingerprint density at radius 3 is 2.62 bits per heavy atom. The van der Waals surface area contributed by atoms with Gasteiger partial charge >= 0.3 is 0 Å². The van der Waals surface area contributed by atoms with Gasteiger partial charge in [0.05, 0.1) is 20.4 Å². The molecule has 1 N–H and O–H groups in total. The molecule has 1 amide bonds. The largest absolute Gasteiger partial charge is 0.493 e. The third-order valence-corrected chi connectivity index (χ3v) is 3.79. The van der Waals surface area contributed by atoms with Crippen molar-refractivity contribution in [3.05, 3.63) is 52.0 Å². The molecule has 2 aromatic rings. The fourth-order valence-electron chi connectivity index (χ4n) is 2.07. The molecule has 0 radical (unpaired) electrons. The third kappa shape index (κ3) is 5.01. The highest BCUT2D eigenvalue weighted by Crippen LogP contribution is 2.27. The zero-order chi connectivity index (χ0) is 18.9. The van der Waals surface area contributed by atoms with Crippen molar-refractivity contribution in [2.24, 2.45) is 5.10 Å². The van der Waals surface area contributed by atoms with Gasteiger partial charge in [-0.05, 0) is 36.4 Å². The topological polar surface area (TPSA) is 69.2 Å². The van der Waals surface area contributed by atoms with Gasteiger partial charge in [-0.3, -0.25) is 4.79 Å². The standard InChI is InChI=1S/C19H17BrN2O4/c1-4-9-26-16-8-6-15(20)10-14(16)12-21-22-19(23)13-5-7-17(24-2)18(11-13)25-3/h1,5-8,10-12H,9H2,2-3H3,(H,22,23)/b21-12+. The smallest absolute Gasteiger partial charge is 0.271 e. The summed E-state index contributed by atoms with van der Waals surface area (Å²) in [5, 5.41) is 3.98. The molecular formula is C19H17BrN2O4. The predicted octanol–water partition coefficient (Wildman–Crippen LogP) is 3.24. The molecule has 0 unspecified atom stereocenters. The van der Waals surface area contributed by atoms with Gasteiger partial charge in [0.1, 0.15) is 12.4 Å². The number of halogens is 1. The lowest BCUT2D eigenvalue weighted by molar-refractivity contribution is 0.0954. The average molecular weight is 417 g/mol. The summed E-state index contributed by atoms with van der Waals surface area (Å²) in [5.41, 5.74) is 3.52. The molecule has 0 aromatic heterocycles. The van der Waals surface area contributed by atoms with Gasteiger partial charge in [0.25, 0.3) is 5.91 Å². The quantitative estimate of drug-likeness (QED) is 0.427. The molecule has 0 aliphatic carbocycles. The van der Waals surface area contributed by atoms with E-state index in [4.69, 9.17) is 20.6 Å². The lowest BCUT2D eigenvalue weighted by Crippen LogP contribution is -2.17. The number of nitrogens with zero attached hydrogens (tertiary/aromatic N) is 1. The van der Waals surface area contributed by atoms with E-state index in [0.717, 1.165) is 4.47 Å². The summed E-state index contributed by atoms with van der Waals surface area (Å²) in [7, 11) is 3.03. The van der Waals surface area contributed by atoms with Gasteiger partial charge in [-0.2, -0.15) is 5.10 Å². The van der Waals surface area contributed by atoms with Crippen molar-refractivity contribution in [3.63, 3.8) is 0 Å². The first-order chi connectivity index (χ1) is 12.6. The second-order valence-corrected chi connectivity index (χ2v) is 5.86. The molecule has 0 bridgehead atoms. The van der Waals surface area contributed by atoms with E-state index in [1.54, 1.807) is 30.3 Å². The van der Waals surface area contributed by atoms with Gasteiger partial charge in [0, 0.05) is 15.6 Å². The number of hydrogen-bond acceptors (Lipinski definition) is 5. The predicted molar refractivity (Wildman–Crippen MR) is 103 cm³/mol. The Kier molecular flexibility index (Phi) is 7.06. The highest BCUT2D eigenvalue weighted by atomic mass is 79.9. The number of rotatable bonds is 7. The molecule has 2 aromatic carbocycles. The highest BCUT2D eigenvalue weighted by Gasteiger charge is 2.10. The number of carbonyl (C=O) groups excluding carboxylic acids is 1. The summed E-state index contributed by atoms with van der Waals surface area (Å²) in [4.78, 5) is 12.2. The van der Waals surface area contributed by atoms with Gasteiger partial charge in [0.15, 0.2) is 11.5 Å². The first kappa shape index (κ1) is 19.3. The van der Waals surface area contributed by atoms with Crippen molar-refractivity contribution in [1.82, 2.24) is 5.43 Å². The van der Waals surface area contributed by atoms with Gasteiger partial charge in [-0.15, -0.1) is 6.42 Å². The number of carbonyl (C=O) groups is 1. The van der Waals surface area contributed by atoms with Crippen molar-refractivity contribution in [2.45, 2.75) is 0 Å². The maximum Gasteiger partial charge on any atom is 0.271 e. The lowest BCUT2D eigenvalue weighted by Gasteiger charge is -2.09. The zero-order valence-electron chi connectivity index (χ0n) is 14.3. The number of amides is 1. The van der Waals surface area contributed by atoms with Gasteiger partial charge in [-0.25, -0.2) is 5.43 Å². The molecule has 7 heteroatoms. The molecular weight excluding hydrogens is 400 g/mol. The molecule has 0 saturated heterocycles. The Morgan fingerprint density at radius 2 is 1.92 bits per heavy atom. The fraction of sp³-hybridized carbons (Fsp3) is 0.158. The molecule has 0 saturated carbocycles. The van der Waals surface area contributed by atoms with E-state index in [-0.39, 0.29) is 12.5 Å². The summed E-state index contributed by atoms with van der Waals surface area (Å²) < 4.78 is 16.6. The summed E-state index contributed by atoms with van der Waals surface area (Å²) >= 11 is 3.38. The minimum atomic E-state index is -0.386. The molecule has 134 valence electrons. The number of ether oxygens (including phenoxy) is 3. The molecule has 0 atom stereocenters. The number of nitrogens with one attached hydrogen (secondary N) is 1. The monoisotopic (exact) mass is 416 g/mol. The SMILES string of the molecule is C#CCOc1ccc(Br)cc1/C=N/NC(=O)c1ccc(OC)c(OC)c1. The van der Waals surface area contributed by atoms with Crippen LogP contribution in [-0.4, -0.2) is 32.9 Å². The first-order valence-electron chi connectivity index (χ1n) is 7.50. The van der Waals surface area contributed by atoms with Crippen LogP contribution in [0.25, 0.3) is 0 Å². The number of hydrogen-bond donors (Lipinski definition) is 1. The van der Waals surface area contributed by atoms with Crippen molar-refractivity contribution >= 4 is 28.1 Å². The molecule has 0 spiro atoms. The van der Waals surface area contributed by atoms with Crippen LogP contribution in [0.5, 0.6) is 17.2 Å². The van der Waals surface area contributed by atoms with Crippen molar-refractivity contribution in [1.29, 1.82) is 0 Å². The fourth-order valence-corrected chi connectivity index (χ4v) is 2.45.